The summed E-state index contributed by atoms with van der Waals surface area (Å²) >= 11 is 0. The molecular weight excluding hydrogens is 214 g/mol. The van der Waals surface area contributed by atoms with Crippen LogP contribution in [-0.4, -0.2) is 22.3 Å². The molecule has 84 valence electrons. The van der Waals surface area contributed by atoms with Gasteiger partial charge in [0.05, 0.1) is 18.8 Å². The van der Waals surface area contributed by atoms with Crippen LogP contribution in [-0.2, 0) is 0 Å². The van der Waals surface area contributed by atoms with Gasteiger partial charge < -0.3 is 4.74 Å². The molecule has 0 aliphatic carbocycles. The maximum Gasteiger partial charge on any atom is 0.127 e. The number of H-pyrrole nitrogens is 1. The summed E-state index contributed by atoms with van der Waals surface area (Å²) in [5, 5.41) is 8.02. The van der Waals surface area contributed by atoms with Crippen LogP contribution in [0.15, 0.2) is 42.9 Å². The predicted octanol–water partition coefficient (Wildman–Crippen LogP) is 2.63. The molecule has 0 saturated carbocycles. The van der Waals surface area contributed by atoms with Gasteiger partial charge in [-0.3, -0.25) is 10.1 Å². The number of hydrogen-bond acceptors (Lipinski definition) is 3. The number of hydrogen-bond donors (Lipinski definition) is 1. The number of ether oxygens (including phenoxy) is 1. The SMILES string of the molecule is COc1cc2cn[nH]c2cc1-c1ccncc1. The molecule has 0 unspecified atom stereocenters. The third-order valence-electron chi connectivity index (χ3n) is 2.75. The summed E-state index contributed by atoms with van der Waals surface area (Å²) in [6.45, 7) is 0. The van der Waals surface area contributed by atoms with Crippen LogP contribution in [0.5, 0.6) is 5.75 Å². The summed E-state index contributed by atoms with van der Waals surface area (Å²) in [6.07, 6.45) is 5.33. The smallest absolute Gasteiger partial charge is 0.127 e. The van der Waals surface area contributed by atoms with Gasteiger partial charge in [0.15, 0.2) is 0 Å². The van der Waals surface area contributed by atoms with E-state index in [1.165, 1.54) is 0 Å². The van der Waals surface area contributed by atoms with Crippen molar-refractivity contribution in [1.82, 2.24) is 15.2 Å². The number of pyridine rings is 1. The summed E-state index contributed by atoms with van der Waals surface area (Å²) in [7, 11) is 1.67. The highest BCUT2D eigenvalue weighted by Gasteiger charge is 2.08. The van der Waals surface area contributed by atoms with Crippen LogP contribution in [0.2, 0.25) is 0 Å². The molecule has 0 aliphatic heterocycles. The number of methoxy groups -OCH3 is 1. The maximum atomic E-state index is 5.42. The molecule has 4 nitrogen and oxygen atoms in total. The van der Waals surface area contributed by atoms with E-state index in [-0.39, 0.29) is 0 Å². The Morgan fingerprint density at radius 1 is 1.18 bits per heavy atom. The highest BCUT2D eigenvalue weighted by atomic mass is 16.5. The van der Waals surface area contributed by atoms with E-state index in [0.29, 0.717) is 0 Å². The van der Waals surface area contributed by atoms with Crippen molar-refractivity contribution in [3.8, 4) is 16.9 Å². The first kappa shape index (κ1) is 9.84. The molecule has 1 aromatic carbocycles. The van der Waals surface area contributed by atoms with Crippen molar-refractivity contribution in [2.45, 2.75) is 0 Å². The monoisotopic (exact) mass is 225 g/mol. The van der Waals surface area contributed by atoms with Crippen LogP contribution in [0, 0.1) is 0 Å². The minimum atomic E-state index is 0.838. The third kappa shape index (κ3) is 1.63. The van der Waals surface area contributed by atoms with Crippen LogP contribution < -0.4 is 4.74 Å². The molecule has 3 rings (SSSR count). The van der Waals surface area contributed by atoms with Crippen molar-refractivity contribution < 1.29 is 4.74 Å². The van der Waals surface area contributed by atoms with Gasteiger partial charge in [-0.05, 0) is 29.8 Å². The zero-order chi connectivity index (χ0) is 11.7. The van der Waals surface area contributed by atoms with E-state index >= 15 is 0 Å². The molecule has 0 radical (unpaired) electrons. The molecule has 0 atom stereocenters. The van der Waals surface area contributed by atoms with E-state index in [4.69, 9.17) is 4.74 Å². The van der Waals surface area contributed by atoms with Gasteiger partial charge in [0.2, 0.25) is 0 Å². The third-order valence-corrected chi connectivity index (χ3v) is 2.75. The zero-order valence-corrected chi connectivity index (χ0v) is 9.34. The molecule has 0 aliphatic rings. The van der Waals surface area contributed by atoms with E-state index < -0.39 is 0 Å². The topological polar surface area (TPSA) is 50.8 Å². The van der Waals surface area contributed by atoms with Gasteiger partial charge in [0.25, 0.3) is 0 Å². The Morgan fingerprint density at radius 2 is 2.00 bits per heavy atom. The fourth-order valence-corrected chi connectivity index (χ4v) is 1.90. The van der Waals surface area contributed by atoms with Crippen molar-refractivity contribution >= 4 is 10.9 Å². The van der Waals surface area contributed by atoms with Crippen molar-refractivity contribution in [2.24, 2.45) is 0 Å². The minimum Gasteiger partial charge on any atom is -0.496 e. The van der Waals surface area contributed by atoms with E-state index in [2.05, 4.69) is 15.2 Å². The van der Waals surface area contributed by atoms with Crippen LogP contribution in [0.4, 0.5) is 0 Å². The molecule has 0 spiro atoms. The van der Waals surface area contributed by atoms with Gasteiger partial charge in [-0.2, -0.15) is 5.10 Å². The van der Waals surface area contributed by atoms with Gasteiger partial charge in [0, 0.05) is 23.3 Å². The molecule has 0 saturated heterocycles. The first-order valence-corrected chi connectivity index (χ1v) is 5.30. The summed E-state index contributed by atoms with van der Waals surface area (Å²) < 4.78 is 5.42. The van der Waals surface area contributed by atoms with E-state index in [9.17, 15) is 0 Å². The summed E-state index contributed by atoms with van der Waals surface area (Å²) in [5.74, 6) is 0.838. The standard InChI is InChI=1S/C13H11N3O/c1-17-13-6-10-8-15-16-12(10)7-11(13)9-2-4-14-5-3-9/h2-8H,1H3,(H,15,16). The van der Waals surface area contributed by atoms with Crippen LogP contribution in [0.1, 0.15) is 0 Å². The molecule has 2 heterocycles. The first-order valence-electron chi connectivity index (χ1n) is 5.30. The average Bonchev–Trinajstić information content (AvgIpc) is 2.85. The maximum absolute atomic E-state index is 5.42. The van der Waals surface area contributed by atoms with Crippen molar-refractivity contribution in [3.05, 3.63) is 42.9 Å². The largest absolute Gasteiger partial charge is 0.496 e. The Labute approximate surface area is 98.3 Å². The molecule has 0 fully saturated rings. The molecule has 4 heteroatoms. The highest BCUT2D eigenvalue weighted by molar-refractivity contribution is 5.87. The second-order valence-corrected chi connectivity index (χ2v) is 3.75. The van der Waals surface area contributed by atoms with Crippen LogP contribution in [0.25, 0.3) is 22.0 Å². The molecule has 0 bridgehead atoms. The van der Waals surface area contributed by atoms with Crippen molar-refractivity contribution in [1.29, 1.82) is 0 Å². The number of nitrogens with one attached hydrogen (secondary N) is 1. The van der Waals surface area contributed by atoms with E-state index in [1.807, 2.05) is 24.3 Å². The Balaban J connectivity index is 2.26. The fraction of sp³-hybridized carbons (Fsp3) is 0.0769. The lowest BCUT2D eigenvalue weighted by Gasteiger charge is -2.08. The van der Waals surface area contributed by atoms with Crippen molar-refractivity contribution in [3.63, 3.8) is 0 Å². The lowest BCUT2D eigenvalue weighted by atomic mass is 10.0. The first-order chi connectivity index (χ1) is 8.38. The number of nitrogens with zero attached hydrogens (tertiary/aromatic N) is 2. The molecule has 2 aromatic heterocycles. The molecular formula is C13H11N3O. The number of aromatic nitrogens is 3. The Hall–Kier alpha value is -2.36. The fourth-order valence-electron chi connectivity index (χ4n) is 1.90. The van der Waals surface area contributed by atoms with Crippen LogP contribution in [0.3, 0.4) is 0 Å². The van der Waals surface area contributed by atoms with Gasteiger partial charge in [-0.1, -0.05) is 0 Å². The molecule has 3 aromatic rings. The van der Waals surface area contributed by atoms with E-state index in [0.717, 1.165) is 27.8 Å². The Bertz CT molecular complexity index is 646. The Kier molecular flexibility index (Phi) is 2.26. The van der Waals surface area contributed by atoms with Gasteiger partial charge >= 0.3 is 0 Å². The van der Waals surface area contributed by atoms with Gasteiger partial charge in [-0.15, -0.1) is 0 Å². The summed E-state index contributed by atoms with van der Waals surface area (Å²) in [6, 6.07) is 7.94. The second kappa shape index (κ2) is 3.90. The van der Waals surface area contributed by atoms with Gasteiger partial charge in [0.1, 0.15) is 5.75 Å². The highest BCUT2D eigenvalue weighted by Crippen LogP contribution is 2.32. The second-order valence-electron chi connectivity index (χ2n) is 3.75. The lowest BCUT2D eigenvalue weighted by molar-refractivity contribution is 0.417. The molecule has 1 N–H and O–H groups in total. The molecule has 0 amide bonds. The van der Waals surface area contributed by atoms with Gasteiger partial charge in [-0.25, -0.2) is 0 Å². The van der Waals surface area contributed by atoms with Crippen molar-refractivity contribution in [2.75, 3.05) is 7.11 Å². The van der Waals surface area contributed by atoms with Crippen LogP contribution >= 0.6 is 0 Å². The zero-order valence-electron chi connectivity index (χ0n) is 9.34. The summed E-state index contributed by atoms with van der Waals surface area (Å²) in [5.41, 5.74) is 3.11. The quantitative estimate of drug-likeness (QED) is 0.729. The number of aromatic amines is 1. The average molecular weight is 225 g/mol. The lowest BCUT2D eigenvalue weighted by Crippen LogP contribution is -1.88. The number of fused-ring (bicyclic) bond motifs is 1. The molecule has 17 heavy (non-hydrogen) atoms. The number of benzene rings is 1. The van der Waals surface area contributed by atoms with E-state index in [1.54, 1.807) is 25.7 Å². The Morgan fingerprint density at radius 3 is 2.76 bits per heavy atom. The minimum absolute atomic E-state index is 0.838. The summed E-state index contributed by atoms with van der Waals surface area (Å²) in [4.78, 5) is 4.02. The normalized spacial score (nSPS) is 10.6. The predicted molar refractivity (Wildman–Crippen MR) is 65.9 cm³/mol. The number of rotatable bonds is 2.